The minimum atomic E-state index is -0.272. The third-order valence-corrected chi connectivity index (χ3v) is 4.83. The largest absolute Gasteiger partial charge is 0.324 e. The number of anilines is 1. The monoisotopic (exact) mass is 389 g/mol. The van der Waals surface area contributed by atoms with Gasteiger partial charge in [-0.05, 0) is 34.0 Å². The number of halogens is 2. The molecule has 102 valence electrons. The number of hydrogen-bond acceptors (Lipinski definition) is 2. The summed E-state index contributed by atoms with van der Waals surface area (Å²) in [7, 11) is 0. The Bertz CT molecular complexity index is 675. The quantitative estimate of drug-likeness (QED) is 0.704. The predicted molar refractivity (Wildman–Crippen MR) is 82.8 cm³/mol. The number of amides is 1. The van der Waals surface area contributed by atoms with Crippen LogP contribution in [0.1, 0.15) is 13.8 Å². The molecule has 0 aliphatic heterocycles. The highest BCUT2D eigenvalue weighted by molar-refractivity contribution is 9.10. The summed E-state index contributed by atoms with van der Waals surface area (Å²) in [5, 5.41) is 2.82. The van der Waals surface area contributed by atoms with Gasteiger partial charge >= 0.3 is 5.69 Å². The number of alkyl halides is 1. The Balaban J connectivity index is 2.32. The lowest BCUT2D eigenvalue weighted by atomic mass is 10.1. The maximum Gasteiger partial charge on any atom is 0.323 e. The number of imidazole rings is 1. The number of fused-ring (bicyclic) bond motifs is 1. The van der Waals surface area contributed by atoms with Crippen LogP contribution in [0.15, 0.2) is 21.4 Å². The highest BCUT2D eigenvalue weighted by Gasteiger charge is 2.19. The van der Waals surface area contributed by atoms with E-state index in [1.165, 1.54) is 0 Å². The van der Waals surface area contributed by atoms with Gasteiger partial charge in [0.1, 0.15) is 0 Å². The van der Waals surface area contributed by atoms with Crippen molar-refractivity contribution < 1.29 is 4.79 Å². The van der Waals surface area contributed by atoms with Crippen LogP contribution in [0.25, 0.3) is 11.0 Å². The van der Waals surface area contributed by atoms with Crippen molar-refractivity contribution in [1.29, 1.82) is 0 Å². The van der Waals surface area contributed by atoms with Gasteiger partial charge in [-0.3, -0.25) is 4.79 Å². The SMILES string of the molecule is CC(C)C(Br)C(=O)Nc1cc2[nH]c(=O)[nH]c2cc1Br. The Labute approximate surface area is 126 Å². The molecular formula is C12H13Br2N3O2. The number of hydrogen-bond donors (Lipinski definition) is 3. The fraction of sp³-hybridized carbons (Fsp3) is 0.333. The van der Waals surface area contributed by atoms with Crippen LogP contribution < -0.4 is 11.0 Å². The highest BCUT2D eigenvalue weighted by atomic mass is 79.9. The summed E-state index contributed by atoms with van der Waals surface area (Å²) in [6, 6.07) is 3.47. The summed E-state index contributed by atoms with van der Waals surface area (Å²) >= 11 is 6.73. The number of carbonyl (C=O) groups is 1. The van der Waals surface area contributed by atoms with Gasteiger partial charge < -0.3 is 15.3 Å². The van der Waals surface area contributed by atoms with Crippen molar-refractivity contribution in [2.24, 2.45) is 5.92 Å². The topological polar surface area (TPSA) is 77.8 Å². The Morgan fingerprint density at radius 3 is 2.42 bits per heavy atom. The van der Waals surface area contributed by atoms with E-state index in [-0.39, 0.29) is 22.3 Å². The van der Waals surface area contributed by atoms with Crippen LogP contribution in [0, 0.1) is 5.92 Å². The molecule has 2 aromatic rings. The molecule has 0 aliphatic rings. The van der Waals surface area contributed by atoms with Crippen LogP contribution in [0.4, 0.5) is 5.69 Å². The second kappa shape index (κ2) is 5.50. The second-order valence-electron chi connectivity index (χ2n) is 4.59. The maximum absolute atomic E-state index is 12.0. The van der Waals surface area contributed by atoms with Crippen molar-refractivity contribution in [3.63, 3.8) is 0 Å². The van der Waals surface area contributed by atoms with Gasteiger partial charge in [0, 0.05) is 4.47 Å². The van der Waals surface area contributed by atoms with Gasteiger partial charge in [0.2, 0.25) is 5.91 Å². The van der Waals surface area contributed by atoms with Crippen LogP contribution in [-0.4, -0.2) is 20.7 Å². The number of nitrogens with one attached hydrogen (secondary N) is 3. The van der Waals surface area contributed by atoms with E-state index in [9.17, 15) is 9.59 Å². The molecule has 1 aromatic carbocycles. The molecule has 0 spiro atoms. The summed E-state index contributed by atoms with van der Waals surface area (Å²) in [6.07, 6.45) is 0. The number of H-pyrrole nitrogens is 2. The normalized spacial score (nSPS) is 12.9. The summed E-state index contributed by atoms with van der Waals surface area (Å²) < 4.78 is 0.715. The molecule has 0 radical (unpaired) electrons. The lowest BCUT2D eigenvalue weighted by molar-refractivity contribution is -0.116. The molecule has 1 unspecified atom stereocenters. The minimum absolute atomic E-state index is 0.118. The molecule has 1 heterocycles. The molecule has 0 bridgehead atoms. The van der Waals surface area contributed by atoms with Crippen LogP contribution in [-0.2, 0) is 4.79 Å². The van der Waals surface area contributed by atoms with Crippen molar-refractivity contribution in [1.82, 2.24) is 9.97 Å². The molecule has 19 heavy (non-hydrogen) atoms. The van der Waals surface area contributed by atoms with E-state index in [1.54, 1.807) is 12.1 Å². The van der Waals surface area contributed by atoms with E-state index in [1.807, 2.05) is 13.8 Å². The van der Waals surface area contributed by atoms with Gasteiger partial charge in [-0.1, -0.05) is 29.8 Å². The zero-order valence-corrected chi connectivity index (χ0v) is 13.6. The Morgan fingerprint density at radius 2 is 1.84 bits per heavy atom. The van der Waals surface area contributed by atoms with Crippen molar-refractivity contribution in [2.75, 3.05) is 5.32 Å². The Morgan fingerprint density at radius 1 is 1.26 bits per heavy atom. The molecule has 1 aromatic heterocycles. The van der Waals surface area contributed by atoms with E-state index in [0.29, 0.717) is 21.2 Å². The minimum Gasteiger partial charge on any atom is -0.324 e. The predicted octanol–water partition coefficient (Wildman–Crippen LogP) is 2.98. The molecule has 0 aliphatic carbocycles. The molecule has 2 rings (SSSR count). The third kappa shape index (κ3) is 3.09. The number of aromatic nitrogens is 2. The maximum atomic E-state index is 12.0. The van der Waals surface area contributed by atoms with Crippen LogP contribution in [0.5, 0.6) is 0 Å². The zero-order chi connectivity index (χ0) is 14.2. The summed E-state index contributed by atoms with van der Waals surface area (Å²) in [5.74, 6) is 0.0718. The van der Waals surface area contributed by atoms with E-state index in [2.05, 4.69) is 47.1 Å². The van der Waals surface area contributed by atoms with E-state index in [0.717, 1.165) is 0 Å². The zero-order valence-electron chi connectivity index (χ0n) is 10.4. The number of aromatic amines is 2. The fourth-order valence-corrected chi connectivity index (χ4v) is 2.21. The molecule has 1 atom stereocenters. The summed E-state index contributed by atoms with van der Waals surface area (Å²) in [4.78, 5) is 28.2. The van der Waals surface area contributed by atoms with Crippen molar-refractivity contribution in [2.45, 2.75) is 18.7 Å². The van der Waals surface area contributed by atoms with Gasteiger partial charge in [0.05, 0.1) is 21.5 Å². The summed E-state index contributed by atoms with van der Waals surface area (Å²) in [6.45, 7) is 3.92. The average Bonchev–Trinajstić information content (AvgIpc) is 2.67. The molecule has 7 heteroatoms. The average molecular weight is 391 g/mol. The standard InChI is InChI=1S/C12H13Br2N3O2/c1-5(2)10(14)11(18)15-7-4-9-8(3-6(7)13)16-12(19)17-9/h3-5,10H,1-2H3,(H,15,18)(H2,16,17,19). The molecular weight excluding hydrogens is 378 g/mol. The lowest BCUT2D eigenvalue weighted by Gasteiger charge is -2.14. The molecule has 0 saturated carbocycles. The highest BCUT2D eigenvalue weighted by Crippen LogP contribution is 2.27. The lowest BCUT2D eigenvalue weighted by Crippen LogP contribution is -2.27. The van der Waals surface area contributed by atoms with Gasteiger partial charge in [-0.25, -0.2) is 4.79 Å². The van der Waals surface area contributed by atoms with Gasteiger partial charge in [0.25, 0.3) is 0 Å². The first-order valence-corrected chi connectivity index (χ1v) is 7.46. The second-order valence-corrected chi connectivity index (χ2v) is 6.43. The fourth-order valence-electron chi connectivity index (χ4n) is 1.66. The van der Waals surface area contributed by atoms with Crippen LogP contribution in [0.3, 0.4) is 0 Å². The van der Waals surface area contributed by atoms with Gasteiger partial charge in [0.15, 0.2) is 0 Å². The van der Waals surface area contributed by atoms with Gasteiger partial charge in [-0.15, -0.1) is 0 Å². The first kappa shape index (κ1) is 14.3. The van der Waals surface area contributed by atoms with E-state index >= 15 is 0 Å². The van der Waals surface area contributed by atoms with Crippen LogP contribution >= 0.6 is 31.9 Å². The van der Waals surface area contributed by atoms with E-state index < -0.39 is 0 Å². The number of carbonyl (C=O) groups excluding carboxylic acids is 1. The van der Waals surface area contributed by atoms with Crippen molar-refractivity contribution >= 4 is 54.5 Å². The third-order valence-electron chi connectivity index (χ3n) is 2.70. The first-order valence-electron chi connectivity index (χ1n) is 5.75. The van der Waals surface area contributed by atoms with Crippen molar-refractivity contribution in [3.8, 4) is 0 Å². The number of rotatable bonds is 3. The van der Waals surface area contributed by atoms with Gasteiger partial charge in [-0.2, -0.15) is 0 Å². The van der Waals surface area contributed by atoms with E-state index in [4.69, 9.17) is 0 Å². The smallest absolute Gasteiger partial charge is 0.323 e. The molecule has 3 N–H and O–H groups in total. The van der Waals surface area contributed by atoms with Crippen LogP contribution in [0.2, 0.25) is 0 Å². The Hall–Kier alpha value is -1.08. The van der Waals surface area contributed by atoms with Crippen molar-refractivity contribution in [3.05, 3.63) is 27.1 Å². The molecule has 0 saturated heterocycles. The summed E-state index contributed by atoms with van der Waals surface area (Å²) in [5.41, 5.74) is 1.69. The molecule has 5 nitrogen and oxygen atoms in total. The Kier molecular flexibility index (Phi) is 4.15. The first-order chi connectivity index (χ1) is 8.88. The molecule has 1 amide bonds. The number of benzene rings is 1. The molecule has 0 fully saturated rings.